The highest BCUT2D eigenvalue weighted by atomic mass is 16.6. The second-order valence-corrected chi connectivity index (χ2v) is 4.60. The van der Waals surface area contributed by atoms with E-state index < -0.39 is 0 Å². The molecule has 6 nitrogen and oxygen atoms in total. The van der Waals surface area contributed by atoms with Crippen molar-refractivity contribution in [2.24, 2.45) is 10.3 Å². The average Bonchev–Trinajstić information content (AvgIpc) is 3.02. The molecule has 1 aromatic heterocycles. The standard InChI is InChI=1S/C16H19N3O3/c1-5-14-10-15(22-18-14)12-6-8-13(9-7-12)16(19-21-4)11(2)17-20-3/h6-10H,5H2,1-4H3/b17-11+,19-16+. The van der Waals surface area contributed by atoms with Gasteiger partial charge in [-0.3, -0.25) is 0 Å². The lowest BCUT2D eigenvalue weighted by Crippen LogP contribution is -2.13. The molecule has 0 saturated carbocycles. The molecule has 0 atom stereocenters. The molecule has 116 valence electrons. The Morgan fingerprint density at radius 2 is 1.82 bits per heavy atom. The average molecular weight is 301 g/mol. The zero-order valence-electron chi connectivity index (χ0n) is 13.2. The molecule has 0 N–H and O–H groups in total. The zero-order valence-corrected chi connectivity index (χ0v) is 13.2. The molecule has 1 aromatic carbocycles. The van der Waals surface area contributed by atoms with Crippen molar-refractivity contribution in [2.75, 3.05) is 14.2 Å². The molecular formula is C16H19N3O3. The fourth-order valence-corrected chi connectivity index (χ4v) is 2.01. The molecule has 0 aliphatic heterocycles. The third-order valence-corrected chi connectivity index (χ3v) is 3.12. The normalized spacial score (nSPS) is 12.4. The van der Waals surface area contributed by atoms with Gasteiger partial charge >= 0.3 is 0 Å². The molecule has 0 unspecified atom stereocenters. The largest absolute Gasteiger partial charge is 0.399 e. The van der Waals surface area contributed by atoms with Crippen molar-refractivity contribution in [3.05, 3.63) is 41.6 Å². The van der Waals surface area contributed by atoms with Gasteiger partial charge in [-0.1, -0.05) is 46.7 Å². The lowest BCUT2D eigenvalue weighted by molar-refractivity contribution is 0.210. The van der Waals surface area contributed by atoms with E-state index in [2.05, 4.69) is 15.5 Å². The summed E-state index contributed by atoms with van der Waals surface area (Å²) in [7, 11) is 2.99. The fraction of sp³-hybridized carbons (Fsp3) is 0.312. The van der Waals surface area contributed by atoms with E-state index in [1.807, 2.05) is 37.3 Å². The summed E-state index contributed by atoms with van der Waals surface area (Å²) in [6.07, 6.45) is 0.846. The van der Waals surface area contributed by atoms with Gasteiger partial charge in [-0.2, -0.15) is 0 Å². The Kier molecular flexibility index (Phi) is 5.30. The van der Waals surface area contributed by atoms with Gasteiger partial charge in [0.2, 0.25) is 0 Å². The Bertz CT molecular complexity index is 672. The van der Waals surface area contributed by atoms with Gasteiger partial charge in [-0.25, -0.2) is 0 Å². The predicted octanol–water partition coefficient (Wildman–Crippen LogP) is 3.28. The summed E-state index contributed by atoms with van der Waals surface area (Å²) >= 11 is 0. The summed E-state index contributed by atoms with van der Waals surface area (Å²) in [4.78, 5) is 9.67. The van der Waals surface area contributed by atoms with Crippen molar-refractivity contribution in [1.29, 1.82) is 0 Å². The van der Waals surface area contributed by atoms with Crippen LogP contribution in [-0.2, 0) is 16.1 Å². The van der Waals surface area contributed by atoms with Crippen LogP contribution >= 0.6 is 0 Å². The molecule has 0 fully saturated rings. The topological polar surface area (TPSA) is 69.2 Å². The van der Waals surface area contributed by atoms with E-state index in [9.17, 15) is 0 Å². The molecular weight excluding hydrogens is 282 g/mol. The van der Waals surface area contributed by atoms with Gasteiger partial charge in [0.1, 0.15) is 25.6 Å². The van der Waals surface area contributed by atoms with Gasteiger partial charge in [-0.15, -0.1) is 0 Å². The Morgan fingerprint density at radius 1 is 1.14 bits per heavy atom. The maximum absolute atomic E-state index is 5.33. The van der Waals surface area contributed by atoms with Crippen molar-refractivity contribution >= 4 is 11.4 Å². The minimum Gasteiger partial charge on any atom is -0.399 e. The van der Waals surface area contributed by atoms with Gasteiger partial charge < -0.3 is 14.2 Å². The first-order valence-corrected chi connectivity index (χ1v) is 6.95. The summed E-state index contributed by atoms with van der Waals surface area (Å²) in [6, 6.07) is 9.68. The number of hydrogen-bond donors (Lipinski definition) is 0. The Morgan fingerprint density at radius 3 is 2.36 bits per heavy atom. The minimum atomic E-state index is 0.614. The number of benzene rings is 1. The molecule has 1 heterocycles. The molecule has 6 heteroatoms. The van der Waals surface area contributed by atoms with Crippen LogP contribution in [-0.4, -0.2) is 30.8 Å². The molecule has 0 radical (unpaired) electrons. The SMILES string of the molecule is CCc1cc(-c2ccc(C(=N/OC)/C(C)=N/OC)cc2)on1. The predicted molar refractivity (Wildman–Crippen MR) is 85.0 cm³/mol. The molecule has 0 aliphatic rings. The van der Waals surface area contributed by atoms with Crippen LogP contribution in [0.4, 0.5) is 0 Å². The third kappa shape index (κ3) is 3.52. The van der Waals surface area contributed by atoms with Crippen molar-refractivity contribution < 1.29 is 14.2 Å². The van der Waals surface area contributed by atoms with Crippen molar-refractivity contribution in [3.63, 3.8) is 0 Å². The van der Waals surface area contributed by atoms with Gasteiger partial charge in [0.15, 0.2) is 5.76 Å². The maximum atomic E-state index is 5.33. The summed E-state index contributed by atoms with van der Waals surface area (Å²) in [5.74, 6) is 0.746. The van der Waals surface area contributed by atoms with Gasteiger partial charge in [0.25, 0.3) is 0 Å². The molecule has 0 saturated heterocycles. The number of rotatable bonds is 6. The maximum Gasteiger partial charge on any atom is 0.167 e. The first-order valence-electron chi connectivity index (χ1n) is 6.95. The lowest BCUT2D eigenvalue weighted by atomic mass is 10.0. The van der Waals surface area contributed by atoms with Crippen LogP contribution in [0.3, 0.4) is 0 Å². The fourth-order valence-electron chi connectivity index (χ4n) is 2.01. The van der Waals surface area contributed by atoms with Crippen LogP contribution < -0.4 is 0 Å². The summed E-state index contributed by atoms with van der Waals surface area (Å²) < 4.78 is 5.33. The quantitative estimate of drug-likeness (QED) is 0.606. The summed E-state index contributed by atoms with van der Waals surface area (Å²) in [5, 5.41) is 11.9. The van der Waals surface area contributed by atoms with E-state index in [0.29, 0.717) is 11.4 Å². The highest BCUT2D eigenvalue weighted by Gasteiger charge is 2.11. The van der Waals surface area contributed by atoms with Crippen molar-refractivity contribution in [2.45, 2.75) is 20.3 Å². The van der Waals surface area contributed by atoms with Gasteiger partial charge in [0.05, 0.1) is 5.69 Å². The van der Waals surface area contributed by atoms with Crippen LogP contribution in [0.25, 0.3) is 11.3 Å². The Hall–Kier alpha value is -2.63. The molecule has 0 bridgehead atoms. The Balaban J connectivity index is 2.30. The van der Waals surface area contributed by atoms with Crippen molar-refractivity contribution in [3.8, 4) is 11.3 Å². The lowest BCUT2D eigenvalue weighted by Gasteiger charge is -2.05. The number of hydrogen-bond acceptors (Lipinski definition) is 6. The highest BCUT2D eigenvalue weighted by molar-refractivity contribution is 6.47. The second-order valence-electron chi connectivity index (χ2n) is 4.60. The number of aryl methyl sites for hydroxylation is 1. The van der Waals surface area contributed by atoms with E-state index in [4.69, 9.17) is 14.2 Å². The molecule has 22 heavy (non-hydrogen) atoms. The first kappa shape index (κ1) is 15.8. The van der Waals surface area contributed by atoms with Gasteiger partial charge in [-0.05, 0) is 13.3 Å². The van der Waals surface area contributed by atoms with Gasteiger partial charge in [0, 0.05) is 17.2 Å². The third-order valence-electron chi connectivity index (χ3n) is 3.12. The van der Waals surface area contributed by atoms with Crippen molar-refractivity contribution in [1.82, 2.24) is 5.16 Å². The molecule has 0 spiro atoms. The molecule has 0 aliphatic carbocycles. The van der Waals surface area contributed by atoms with E-state index >= 15 is 0 Å². The van der Waals surface area contributed by atoms with E-state index in [1.165, 1.54) is 14.2 Å². The molecule has 2 rings (SSSR count). The summed E-state index contributed by atoms with van der Waals surface area (Å²) in [6.45, 7) is 3.84. The summed E-state index contributed by atoms with van der Waals surface area (Å²) in [5.41, 5.74) is 4.00. The second kappa shape index (κ2) is 7.40. The Labute approximate surface area is 129 Å². The monoisotopic (exact) mass is 301 g/mol. The van der Waals surface area contributed by atoms with Crippen LogP contribution in [0, 0.1) is 0 Å². The highest BCUT2D eigenvalue weighted by Crippen LogP contribution is 2.21. The molecule has 0 amide bonds. The zero-order chi connectivity index (χ0) is 15.9. The van der Waals surface area contributed by atoms with E-state index in [0.717, 1.165) is 29.0 Å². The number of nitrogens with zero attached hydrogens (tertiary/aromatic N) is 3. The van der Waals surface area contributed by atoms with Crippen LogP contribution in [0.15, 0.2) is 45.2 Å². The van der Waals surface area contributed by atoms with Crippen LogP contribution in [0.5, 0.6) is 0 Å². The van der Waals surface area contributed by atoms with E-state index in [-0.39, 0.29) is 0 Å². The first-order chi connectivity index (χ1) is 10.7. The van der Waals surface area contributed by atoms with Crippen LogP contribution in [0.2, 0.25) is 0 Å². The minimum absolute atomic E-state index is 0.614. The van der Waals surface area contributed by atoms with Crippen LogP contribution in [0.1, 0.15) is 25.1 Å². The number of aromatic nitrogens is 1. The number of oxime groups is 2. The van der Waals surface area contributed by atoms with E-state index in [1.54, 1.807) is 6.92 Å². The smallest absolute Gasteiger partial charge is 0.167 e. The molecule has 2 aromatic rings.